The molecule has 9 heteroatoms. The average Bonchev–Trinajstić information content (AvgIpc) is 2.48. The Balaban J connectivity index is 2.45. The highest BCUT2D eigenvalue weighted by Gasteiger charge is 2.10. The van der Waals surface area contributed by atoms with Crippen molar-refractivity contribution in [2.24, 2.45) is 5.16 Å². The first-order valence-electron chi connectivity index (χ1n) is 6.54. The summed E-state index contributed by atoms with van der Waals surface area (Å²) in [6, 6.07) is 3.18. The molecular weight excluding hydrogens is 388 g/mol. The third-order valence-corrected chi connectivity index (χ3v) is 3.28. The molecule has 0 radical (unpaired) electrons. The van der Waals surface area contributed by atoms with Crippen molar-refractivity contribution in [2.75, 3.05) is 26.4 Å². The fourth-order valence-electron chi connectivity index (χ4n) is 1.46. The maximum absolute atomic E-state index is 8.19. The normalized spacial score (nSPS) is 10.8. The van der Waals surface area contributed by atoms with Gasteiger partial charge in [-0.1, -0.05) is 51.6 Å². The summed E-state index contributed by atoms with van der Waals surface area (Å²) in [7, 11) is 0. The van der Waals surface area contributed by atoms with Gasteiger partial charge in [0.25, 0.3) is 0 Å². The van der Waals surface area contributed by atoms with Crippen LogP contribution in [0.4, 0.5) is 0 Å². The second-order valence-electron chi connectivity index (χ2n) is 4.10. The van der Waals surface area contributed by atoms with E-state index in [0.717, 1.165) is 0 Å². The zero-order valence-corrected chi connectivity index (χ0v) is 15.0. The van der Waals surface area contributed by atoms with Crippen LogP contribution in [0.2, 0.25) is 10.0 Å². The summed E-state index contributed by atoms with van der Waals surface area (Å²) < 4.78 is 16.2. The summed E-state index contributed by atoms with van der Waals surface area (Å²) in [6.07, 6.45) is 3.37. The Morgan fingerprint density at radius 1 is 1.09 bits per heavy atom. The van der Waals surface area contributed by atoms with Crippen LogP contribution in [0.3, 0.4) is 0 Å². The molecule has 0 heterocycles. The Morgan fingerprint density at radius 2 is 1.78 bits per heavy atom. The standard InChI is InChI=1S/C14H15Cl4NO4/c15-11-8-10(22-6-2-13(17)18)9-12(16)14(11)23-5-1-4-21-7-3-19-20/h2-3,8-9,20H,1,4-7H2. The van der Waals surface area contributed by atoms with Crippen LogP contribution in [0.15, 0.2) is 27.9 Å². The van der Waals surface area contributed by atoms with Crippen LogP contribution < -0.4 is 9.47 Å². The van der Waals surface area contributed by atoms with E-state index >= 15 is 0 Å². The highest BCUT2D eigenvalue weighted by atomic mass is 35.5. The molecule has 0 aliphatic heterocycles. The number of benzene rings is 1. The Kier molecular flexibility index (Phi) is 10.2. The van der Waals surface area contributed by atoms with Crippen molar-refractivity contribution in [1.29, 1.82) is 0 Å². The molecular formula is C14H15Cl4NO4. The van der Waals surface area contributed by atoms with Crippen molar-refractivity contribution >= 4 is 52.6 Å². The molecule has 5 nitrogen and oxygen atoms in total. The molecule has 0 saturated carbocycles. The largest absolute Gasteiger partial charge is 0.490 e. The minimum atomic E-state index is 0.120. The molecule has 0 saturated heterocycles. The maximum atomic E-state index is 8.19. The third-order valence-electron chi connectivity index (χ3n) is 2.41. The first-order chi connectivity index (χ1) is 11.0. The molecule has 1 N–H and O–H groups in total. The molecule has 0 unspecified atom stereocenters. The first-order valence-corrected chi connectivity index (χ1v) is 8.05. The van der Waals surface area contributed by atoms with Gasteiger partial charge in [-0.2, -0.15) is 0 Å². The van der Waals surface area contributed by atoms with E-state index in [1.165, 1.54) is 12.3 Å². The fourth-order valence-corrected chi connectivity index (χ4v) is 2.17. The van der Waals surface area contributed by atoms with E-state index in [2.05, 4.69) is 5.16 Å². The third kappa shape index (κ3) is 8.53. The van der Waals surface area contributed by atoms with E-state index in [0.29, 0.717) is 41.2 Å². The van der Waals surface area contributed by atoms with Gasteiger partial charge >= 0.3 is 0 Å². The van der Waals surface area contributed by atoms with Crippen molar-refractivity contribution < 1.29 is 19.4 Å². The van der Waals surface area contributed by atoms with Gasteiger partial charge in [0.2, 0.25) is 0 Å². The summed E-state index contributed by atoms with van der Waals surface area (Å²) in [6.45, 7) is 1.27. The summed E-state index contributed by atoms with van der Waals surface area (Å²) >= 11 is 23.2. The lowest BCUT2D eigenvalue weighted by atomic mass is 10.3. The van der Waals surface area contributed by atoms with Gasteiger partial charge in [-0.3, -0.25) is 0 Å². The maximum Gasteiger partial charge on any atom is 0.156 e. The van der Waals surface area contributed by atoms with E-state index in [-0.39, 0.29) is 17.7 Å². The van der Waals surface area contributed by atoms with Crippen LogP contribution >= 0.6 is 46.4 Å². The highest BCUT2D eigenvalue weighted by molar-refractivity contribution is 6.55. The van der Waals surface area contributed by atoms with Gasteiger partial charge in [0.1, 0.15) is 16.8 Å². The number of hydrogen-bond donors (Lipinski definition) is 1. The topological polar surface area (TPSA) is 60.3 Å². The predicted octanol–water partition coefficient (Wildman–Crippen LogP) is 4.94. The summed E-state index contributed by atoms with van der Waals surface area (Å²) in [5.74, 6) is 0.855. The number of rotatable bonds is 10. The Labute approximate surface area is 154 Å². The monoisotopic (exact) mass is 401 g/mol. The van der Waals surface area contributed by atoms with Gasteiger partial charge in [-0.05, 0) is 6.08 Å². The van der Waals surface area contributed by atoms with E-state index < -0.39 is 0 Å². The van der Waals surface area contributed by atoms with E-state index in [1.807, 2.05) is 0 Å². The molecule has 23 heavy (non-hydrogen) atoms. The Bertz CT molecular complexity index is 525. The van der Waals surface area contributed by atoms with E-state index in [9.17, 15) is 0 Å². The lowest BCUT2D eigenvalue weighted by Crippen LogP contribution is -2.05. The number of hydrogen-bond acceptors (Lipinski definition) is 5. The summed E-state index contributed by atoms with van der Waals surface area (Å²) in [5, 5.41) is 11.7. The fraction of sp³-hybridized carbons (Fsp3) is 0.357. The number of nitrogens with zero attached hydrogens (tertiary/aromatic N) is 1. The van der Waals surface area contributed by atoms with Gasteiger partial charge in [0.15, 0.2) is 5.75 Å². The average molecular weight is 403 g/mol. The molecule has 1 rings (SSSR count). The molecule has 0 atom stereocenters. The van der Waals surface area contributed by atoms with Crippen LogP contribution in [-0.4, -0.2) is 37.8 Å². The smallest absolute Gasteiger partial charge is 0.156 e. The first kappa shape index (κ1) is 20.2. The zero-order valence-electron chi connectivity index (χ0n) is 12.0. The molecule has 0 aliphatic carbocycles. The quantitative estimate of drug-likeness (QED) is 0.260. The van der Waals surface area contributed by atoms with Crippen molar-refractivity contribution in [3.8, 4) is 11.5 Å². The van der Waals surface area contributed by atoms with Crippen molar-refractivity contribution in [2.45, 2.75) is 6.42 Å². The molecule has 0 fully saturated rings. The molecule has 0 amide bonds. The van der Waals surface area contributed by atoms with Crippen LogP contribution in [0.5, 0.6) is 11.5 Å². The number of ether oxygens (including phenoxy) is 3. The second-order valence-corrected chi connectivity index (χ2v) is 5.92. The zero-order chi connectivity index (χ0) is 17.1. The Hall–Kier alpha value is -0.850. The number of halogens is 4. The number of oxime groups is 1. The predicted molar refractivity (Wildman–Crippen MR) is 93.0 cm³/mol. The van der Waals surface area contributed by atoms with Gasteiger partial charge in [0.05, 0.1) is 36.1 Å². The summed E-state index contributed by atoms with van der Waals surface area (Å²) in [5.41, 5.74) is 0. The minimum Gasteiger partial charge on any atom is -0.490 e. The molecule has 1 aromatic rings. The van der Waals surface area contributed by atoms with E-state index in [1.54, 1.807) is 12.1 Å². The van der Waals surface area contributed by atoms with Gasteiger partial charge in [0, 0.05) is 18.6 Å². The van der Waals surface area contributed by atoms with Crippen LogP contribution in [0.1, 0.15) is 6.42 Å². The van der Waals surface area contributed by atoms with Gasteiger partial charge < -0.3 is 19.4 Å². The lowest BCUT2D eigenvalue weighted by Gasteiger charge is -2.12. The molecule has 0 aromatic heterocycles. The van der Waals surface area contributed by atoms with E-state index in [4.69, 9.17) is 65.8 Å². The lowest BCUT2D eigenvalue weighted by molar-refractivity contribution is 0.151. The minimum absolute atomic E-state index is 0.120. The molecule has 0 bridgehead atoms. The van der Waals surface area contributed by atoms with Crippen molar-refractivity contribution in [1.82, 2.24) is 0 Å². The molecule has 1 aromatic carbocycles. The van der Waals surface area contributed by atoms with Crippen molar-refractivity contribution in [3.63, 3.8) is 0 Å². The molecule has 128 valence electrons. The van der Waals surface area contributed by atoms with Crippen LogP contribution in [0, 0.1) is 0 Å². The SMILES string of the molecule is ON=CCOCCCOc1c(Cl)cc(OCC=C(Cl)Cl)cc1Cl. The van der Waals surface area contributed by atoms with Crippen molar-refractivity contribution in [3.05, 3.63) is 32.7 Å². The molecule has 0 aliphatic rings. The van der Waals surface area contributed by atoms with Crippen LogP contribution in [0.25, 0.3) is 0 Å². The summed E-state index contributed by atoms with van der Waals surface area (Å²) in [4.78, 5) is 0. The Morgan fingerprint density at radius 3 is 2.39 bits per heavy atom. The van der Waals surface area contributed by atoms with Gasteiger partial charge in [-0.25, -0.2) is 0 Å². The molecule has 0 spiro atoms. The van der Waals surface area contributed by atoms with Gasteiger partial charge in [-0.15, -0.1) is 0 Å². The highest BCUT2D eigenvalue weighted by Crippen LogP contribution is 2.37. The van der Waals surface area contributed by atoms with Crippen LogP contribution in [-0.2, 0) is 4.74 Å². The second kappa shape index (κ2) is 11.6.